The normalized spacial score (nSPS) is 12.3. The van der Waals surface area contributed by atoms with Gasteiger partial charge < -0.3 is 9.47 Å². The molecule has 0 aliphatic heterocycles. The Bertz CT molecular complexity index is 1970. The third kappa shape index (κ3) is 4.44. The predicted octanol–water partition coefficient (Wildman–Crippen LogP) is 9.74. The summed E-state index contributed by atoms with van der Waals surface area (Å²) in [4.78, 5) is 14.0. The van der Waals surface area contributed by atoms with Crippen LogP contribution in [0.25, 0.3) is 43.1 Å². The molecule has 0 spiro atoms. The monoisotopic (exact) mass is 546 g/mol. The van der Waals surface area contributed by atoms with Crippen molar-refractivity contribution in [2.24, 2.45) is 0 Å². The van der Waals surface area contributed by atoms with Gasteiger partial charge in [0.25, 0.3) is 0 Å². The molecule has 3 heteroatoms. The number of benzene rings is 7. The Morgan fingerprint density at radius 3 is 1.45 bits per heavy atom. The average Bonchev–Trinajstić information content (AvgIpc) is 3.06. The highest BCUT2D eigenvalue weighted by atomic mass is 16.5. The maximum atomic E-state index is 14.0. The van der Waals surface area contributed by atoms with Crippen LogP contribution in [-0.2, 0) is 9.53 Å². The van der Waals surface area contributed by atoms with Gasteiger partial charge in [-0.25, -0.2) is 0 Å². The molecule has 42 heavy (non-hydrogen) atoms. The molecule has 0 saturated carbocycles. The molecular formula is C39H30O3. The van der Waals surface area contributed by atoms with Crippen molar-refractivity contribution in [3.05, 3.63) is 150 Å². The number of methoxy groups -OCH3 is 1. The summed E-state index contributed by atoms with van der Waals surface area (Å²) in [6.45, 7) is 1.90. The van der Waals surface area contributed by atoms with Gasteiger partial charge in [0, 0.05) is 11.1 Å². The molecule has 0 amide bonds. The lowest BCUT2D eigenvalue weighted by molar-refractivity contribution is -0.148. The van der Waals surface area contributed by atoms with Crippen LogP contribution in [-0.4, -0.2) is 13.1 Å². The van der Waals surface area contributed by atoms with Crippen LogP contribution in [0.4, 0.5) is 0 Å². The van der Waals surface area contributed by atoms with Gasteiger partial charge in [-0.05, 0) is 79.8 Å². The molecule has 1 atom stereocenters. The van der Waals surface area contributed by atoms with Crippen LogP contribution in [0.3, 0.4) is 0 Å². The number of esters is 1. The first-order valence-corrected chi connectivity index (χ1v) is 14.3. The third-order valence-electron chi connectivity index (χ3n) is 8.37. The van der Waals surface area contributed by atoms with E-state index in [0.717, 1.165) is 54.8 Å². The summed E-state index contributed by atoms with van der Waals surface area (Å²) in [6.07, 6.45) is -0.623. The van der Waals surface area contributed by atoms with E-state index < -0.39 is 12.0 Å². The summed E-state index contributed by atoms with van der Waals surface area (Å²) in [5, 5.41) is 9.00. The second kappa shape index (κ2) is 10.7. The SMILES string of the molecule is COc1ccc([C@@H](C)C(=O)OC(c2cc3ccccc3c3ccccc23)c2cc3ccccc3c3ccccc23)cc1. The zero-order valence-electron chi connectivity index (χ0n) is 23.6. The molecule has 0 saturated heterocycles. The van der Waals surface area contributed by atoms with E-state index in [1.165, 1.54) is 10.8 Å². The second-order valence-electron chi connectivity index (χ2n) is 10.8. The van der Waals surface area contributed by atoms with E-state index in [2.05, 4.69) is 109 Å². The Morgan fingerprint density at radius 1 is 0.548 bits per heavy atom. The topological polar surface area (TPSA) is 35.5 Å². The summed E-state index contributed by atoms with van der Waals surface area (Å²) in [5.74, 6) is 0.0129. The molecule has 0 heterocycles. The van der Waals surface area contributed by atoms with E-state index in [1.807, 2.05) is 31.2 Å². The van der Waals surface area contributed by atoms with Gasteiger partial charge in [-0.2, -0.15) is 0 Å². The number of rotatable bonds is 6. The summed E-state index contributed by atoms with van der Waals surface area (Å²) in [6, 6.07) is 45.6. The smallest absolute Gasteiger partial charge is 0.314 e. The van der Waals surface area contributed by atoms with Crippen LogP contribution >= 0.6 is 0 Å². The van der Waals surface area contributed by atoms with Crippen molar-refractivity contribution in [1.82, 2.24) is 0 Å². The van der Waals surface area contributed by atoms with Gasteiger partial charge in [-0.3, -0.25) is 4.79 Å². The first kappa shape index (κ1) is 25.8. The molecule has 0 aromatic heterocycles. The number of hydrogen-bond donors (Lipinski definition) is 0. The van der Waals surface area contributed by atoms with Crippen molar-refractivity contribution in [3.8, 4) is 5.75 Å². The van der Waals surface area contributed by atoms with Crippen molar-refractivity contribution in [3.63, 3.8) is 0 Å². The molecule has 0 N–H and O–H groups in total. The Kier molecular flexibility index (Phi) is 6.56. The van der Waals surface area contributed by atoms with E-state index in [9.17, 15) is 4.79 Å². The highest BCUT2D eigenvalue weighted by Crippen LogP contribution is 2.41. The highest BCUT2D eigenvalue weighted by molar-refractivity contribution is 6.11. The van der Waals surface area contributed by atoms with Gasteiger partial charge in [-0.15, -0.1) is 0 Å². The number of hydrogen-bond acceptors (Lipinski definition) is 3. The Hall–Kier alpha value is -5.15. The zero-order valence-corrected chi connectivity index (χ0v) is 23.6. The minimum Gasteiger partial charge on any atom is -0.497 e. The fourth-order valence-electron chi connectivity index (χ4n) is 6.14. The summed E-state index contributed by atoms with van der Waals surface area (Å²) in [7, 11) is 1.64. The molecule has 7 aromatic carbocycles. The van der Waals surface area contributed by atoms with E-state index in [4.69, 9.17) is 9.47 Å². The lowest BCUT2D eigenvalue weighted by atomic mass is 9.88. The van der Waals surface area contributed by atoms with Crippen LogP contribution in [0.2, 0.25) is 0 Å². The molecule has 0 aliphatic carbocycles. The highest BCUT2D eigenvalue weighted by Gasteiger charge is 2.28. The first-order valence-electron chi connectivity index (χ1n) is 14.3. The number of fused-ring (bicyclic) bond motifs is 6. The molecule has 7 rings (SSSR count). The molecule has 0 unspecified atom stereocenters. The van der Waals surface area contributed by atoms with Gasteiger partial charge in [0.1, 0.15) is 5.75 Å². The summed E-state index contributed by atoms with van der Waals surface area (Å²) >= 11 is 0. The van der Waals surface area contributed by atoms with E-state index in [-0.39, 0.29) is 5.97 Å². The standard InChI is InChI=1S/C39H30O3/c1-25(26-19-21-29(41-2)22-20-26)39(40)42-38(36-23-27-11-3-5-13-30(27)32-15-7-9-17-34(32)36)37-24-28-12-4-6-14-31(28)33-16-8-10-18-35(33)37/h3-25,38H,1-2H3/t25-/m1/s1. The van der Waals surface area contributed by atoms with Gasteiger partial charge in [0.05, 0.1) is 13.0 Å². The minimum atomic E-state index is -0.623. The van der Waals surface area contributed by atoms with Crippen LogP contribution in [0.15, 0.2) is 133 Å². The second-order valence-corrected chi connectivity index (χ2v) is 10.8. The fraction of sp³-hybridized carbons (Fsp3) is 0.103. The van der Waals surface area contributed by atoms with Gasteiger partial charge in [0.2, 0.25) is 0 Å². The van der Waals surface area contributed by atoms with E-state index >= 15 is 0 Å². The van der Waals surface area contributed by atoms with Crippen molar-refractivity contribution in [2.45, 2.75) is 18.9 Å². The van der Waals surface area contributed by atoms with E-state index in [0.29, 0.717) is 0 Å². The van der Waals surface area contributed by atoms with Crippen LogP contribution in [0, 0.1) is 0 Å². The van der Waals surface area contributed by atoms with Crippen molar-refractivity contribution in [2.75, 3.05) is 7.11 Å². The molecule has 204 valence electrons. The minimum absolute atomic E-state index is 0.278. The maximum absolute atomic E-state index is 14.0. The van der Waals surface area contributed by atoms with Gasteiger partial charge in [0.15, 0.2) is 6.10 Å². The Balaban J connectivity index is 1.46. The molecule has 7 aromatic rings. The zero-order chi connectivity index (χ0) is 28.6. The van der Waals surface area contributed by atoms with E-state index in [1.54, 1.807) is 7.11 Å². The number of carbonyl (C=O) groups excluding carboxylic acids is 1. The molecule has 0 aliphatic rings. The third-order valence-corrected chi connectivity index (χ3v) is 8.37. The van der Waals surface area contributed by atoms with Crippen molar-refractivity contribution < 1.29 is 14.3 Å². The summed E-state index contributed by atoms with van der Waals surface area (Å²) < 4.78 is 12.0. The lowest BCUT2D eigenvalue weighted by Gasteiger charge is -2.25. The number of ether oxygens (including phenoxy) is 2. The fourth-order valence-corrected chi connectivity index (χ4v) is 6.14. The molecular weight excluding hydrogens is 516 g/mol. The van der Waals surface area contributed by atoms with Gasteiger partial charge in [-0.1, -0.05) is 109 Å². The summed E-state index contributed by atoms with van der Waals surface area (Å²) in [5.41, 5.74) is 2.83. The molecule has 0 bridgehead atoms. The number of carbonyl (C=O) groups is 1. The van der Waals surface area contributed by atoms with Crippen LogP contribution < -0.4 is 4.74 Å². The lowest BCUT2D eigenvalue weighted by Crippen LogP contribution is -2.18. The molecule has 0 radical (unpaired) electrons. The van der Waals surface area contributed by atoms with Gasteiger partial charge >= 0.3 is 5.97 Å². The van der Waals surface area contributed by atoms with Crippen molar-refractivity contribution in [1.29, 1.82) is 0 Å². The Morgan fingerprint density at radius 2 is 0.976 bits per heavy atom. The average molecular weight is 547 g/mol. The first-order chi connectivity index (χ1) is 20.6. The predicted molar refractivity (Wildman–Crippen MR) is 172 cm³/mol. The van der Waals surface area contributed by atoms with Crippen LogP contribution in [0.1, 0.15) is 35.6 Å². The molecule has 0 fully saturated rings. The van der Waals surface area contributed by atoms with Crippen molar-refractivity contribution >= 4 is 49.1 Å². The van der Waals surface area contributed by atoms with Crippen LogP contribution in [0.5, 0.6) is 5.75 Å². The molecule has 3 nitrogen and oxygen atoms in total. The largest absolute Gasteiger partial charge is 0.497 e. The maximum Gasteiger partial charge on any atom is 0.314 e. The Labute approximate surface area is 244 Å². The quantitative estimate of drug-likeness (QED) is 0.154.